The van der Waals surface area contributed by atoms with Crippen LogP contribution in [0.25, 0.3) is 11.0 Å². The molecule has 1 aromatic heterocycles. The minimum Gasteiger partial charge on any atom is -0.486 e. The molecule has 5 heteroatoms. The summed E-state index contributed by atoms with van der Waals surface area (Å²) in [5.74, 6) is 2.53. The zero-order valence-electron chi connectivity index (χ0n) is 11.3. The maximum Gasteiger partial charge on any atom is 0.163 e. The van der Waals surface area contributed by atoms with Gasteiger partial charge in [0.15, 0.2) is 11.5 Å². The van der Waals surface area contributed by atoms with E-state index < -0.39 is 0 Å². The van der Waals surface area contributed by atoms with Crippen molar-refractivity contribution < 1.29 is 9.47 Å². The summed E-state index contributed by atoms with van der Waals surface area (Å²) in [6, 6.07) is 4.12. The summed E-state index contributed by atoms with van der Waals surface area (Å²) in [6.45, 7) is 6.46. The number of hydrogen-bond donors (Lipinski definition) is 2. The highest BCUT2D eigenvalue weighted by molar-refractivity contribution is 5.80. The lowest BCUT2D eigenvalue weighted by Crippen LogP contribution is -2.20. The predicted molar refractivity (Wildman–Crippen MR) is 73.8 cm³/mol. The van der Waals surface area contributed by atoms with Crippen molar-refractivity contribution in [3.63, 3.8) is 0 Å². The molecule has 1 aliphatic rings. The van der Waals surface area contributed by atoms with E-state index in [4.69, 9.17) is 9.47 Å². The van der Waals surface area contributed by atoms with E-state index in [9.17, 15) is 0 Å². The number of aromatic amines is 1. The minimum absolute atomic E-state index is 0.214. The molecule has 0 radical (unpaired) electrons. The van der Waals surface area contributed by atoms with Gasteiger partial charge in [-0.2, -0.15) is 0 Å². The first-order valence-corrected chi connectivity index (χ1v) is 6.80. The van der Waals surface area contributed by atoms with E-state index in [2.05, 4.69) is 29.1 Å². The summed E-state index contributed by atoms with van der Waals surface area (Å²) in [6.07, 6.45) is 1.11. The summed E-state index contributed by atoms with van der Waals surface area (Å²) in [7, 11) is 0. The van der Waals surface area contributed by atoms with Gasteiger partial charge in [0.2, 0.25) is 0 Å². The van der Waals surface area contributed by atoms with E-state index in [0.717, 1.165) is 41.3 Å². The molecule has 19 heavy (non-hydrogen) atoms. The van der Waals surface area contributed by atoms with Crippen molar-refractivity contribution in [1.82, 2.24) is 15.3 Å². The second-order valence-electron chi connectivity index (χ2n) is 4.81. The molecule has 1 atom stereocenters. The molecular weight excluding hydrogens is 242 g/mol. The van der Waals surface area contributed by atoms with Crippen molar-refractivity contribution in [3.05, 3.63) is 18.0 Å². The molecular formula is C14H19N3O2. The lowest BCUT2D eigenvalue weighted by molar-refractivity contribution is 0.172. The fourth-order valence-corrected chi connectivity index (χ4v) is 2.23. The van der Waals surface area contributed by atoms with Crippen LogP contribution in [0.1, 0.15) is 32.1 Å². The van der Waals surface area contributed by atoms with E-state index in [1.54, 1.807) is 0 Å². The van der Waals surface area contributed by atoms with Crippen molar-refractivity contribution in [2.75, 3.05) is 19.8 Å². The Morgan fingerprint density at radius 1 is 1.32 bits per heavy atom. The highest BCUT2D eigenvalue weighted by Gasteiger charge is 2.16. The Hall–Kier alpha value is -1.75. The molecule has 0 bridgehead atoms. The summed E-state index contributed by atoms with van der Waals surface area (Å²) < 4.78 is 11.1. The van der Waals surface area contributed by atoms with Gasteiger partial charge in [0, 0.05) is 12.1 Å². The van der Waals surface area contributed by atoms with Crippen molar-refractivity contribution in [1.29, 1.82) is 0 Å². The molecule has 1 aromatic carbocycles. The third-order valence-corrected chi connectivity index (χ3v) is 3.27. The average molecular weight is 261 g/mol. The van der Waals surface area contributed by atoms with Crippen molar-refractivity contribution in [3.8, 4) is 11.5 Å². The molecule has 0 saturated heterocycles. The molecule has 2 aromatic rings. The normalized spacial score (nSPS) is 15.7. The Bertz CT molecular complexity index is 536. The largest absolute Gasteiger partial charge is 0.486 e. The molecule has 0 fully saturated rings. The first-order chi connectivity index (χ1) is 9.28. The quantitative estimate of drug-likeness (QED) is 0.887. The van der Waals surface area contributed by atoms with Gasteiger partial charge in [0.1, 0.15) is 19.0 Å². The molecule has 3 rings (SSSR count). The molecule has 0 spiro atoms. The molecule has 0 aliphatic carbocycles. The third kappa shape index (κ3) is 2.38. The van der Waals surface area contributed by atoms with Crippen LogP contribution in [0.3, 0.4) is 0 Å². The second kappa shape index (κ2) is 5.09. The monoisotopic (exact) mass is 261 g/mol. The van der Waals surface area contributed by atoms with E-state index in [1.165, 1.54) is 0 Å². The lowest BCUT2D eigenvalue weighted by Gasteiger charge is -2.17. The molecule has 1 aliphatic heterocycles. The van der Waals surface area contributed by atoms with E-state index >= 15 is 0 Å². The number of H-pyrrole nitrogens is 1. The Kier molecular flexibility index (Phi) is 3.29. The number of hydrogen-bond acceptors (Lipinski definition) is 4. The Balaban J connectivity index is 1.92. The van der Waals surface area contributed by atoms with Crippen LogP contribution in [0, 0.1) is 0 Å². The van der Waals surface area contributed by atoms with Gasteiger partial charge in [-0.1, -0.05) is 6.92 Å². The zero-order chi connectivity index (χ0) is 13.2. The van der Waals surface area contributed by atoms with Crippen LogP contribution in [-0.2, 0) is 0 Å². The van der Waals surface area contributed by atoms with Crippen LogP contribution in [-0.4, -0.2) is 29.7 Å². The lowest BCUT2D eigenvalue weighted by atomic mass is 10.2. The number of aromatic nitrogens is 2. The molecule has 0 saturated carbocycles. The van der Waals surface area contributed by atoms with Crippen LogP contribution < -0.4 is 14.8 Å². The van der Waals surface area contributed by atoms with Gasteiger partial charge in [-0.3, -0.25) is 0 Å². The molecule has 0 amide bonds. The summed E-state index contributed by atoms with van der Waals surface area (Å²) >= 11 is 0. The van der Waals surface area contributed by atoms with Gasteiger partial charge in [0.05, 0.1) is 17.1 Å². The first-order valence-electron chi connectivity index (χ1n) is 6.80. The van der Waals surface area contributed by atoms with Gasteiger partial charge in [0.25, 0.3) is 0 Å². The Morgan fingerprint density at radius 2 is 2.05 bits per heavy atom. The smallest absolute Gasteiger partial charge is 0.163 e. The number of fused-ring (bicyclic) bond motifs is 2. The van der Waals surface area contributed by atoms with Crippen LogP contribution in [0.2, 0.25) is 0 Å². The molecule has 1 unspecified atom stereocenters. The van der Waals surface area contributed by atoms with Crippen LogP contribution in [0.5, 0.6) is 11.5 Å². The predicted octanol–water partition coefficient (Wildman–Crippen LogP) is 2.39. The summed E-state index contributed by atoms with van der Waals surface area (Å²) in [5, 5.41) is 3.42. The fraction of sp³-hybridized carbons (Fsp3) is 0.500. The second-order valence-corrected chi connectivity index (χ2v) is 4.81. The topological polar surface area (TPSA) is 59.2 Å². The third-order valence-electron chi connectivity index (χ3n) is 3.27. The van der Waals surface area contributed by atoms with Crippen molar-refractivity contribution >= 4 is 11.0 Å². The maximum absolute atomic E-state index is 5.58. The van der Waals surface area contributed by atoms with Gasteiger partial charge in [-0.05, 0) is 19.9 Å². The molecule has 5 nitrogen and oxygen atoms in total. The number of ether oxygens (including phenoxy) is 2. The first kappa shape index (κ1) is 12.3. The molecule has 2 heterocycles. The van der Waals surface area contributed by atoms with Crippen molar-refractivity contribution in [2.45, 2.75) is 26.3 Å². The van der Waals surface area contributed by atoms with Crippen LogP contribution in [0.15, 0.2) is 12.1 Å². The van der Waals surface area contributed by atoms with Gasteiger partial charge in [-0.15, -0.1) is 0 Å². The summed E-state index contributed by atoms with van der Waals surface area (Å²) in [5.41, 5.74) is 1.91. The number of benzene rings is 1. The van der Waals surface area contributed by atoms with Crippen LogP contribution in [0.4, 0.5) is 0 Å². The highest BCUT2D eigenvalue weighted by atomic mass is 16.6. The average Bonchev–Trinajstić information content (AvgIpc) is 2.85. The molecule has 102 valence electrons. The SMILES string of the molecule is CCCNC(C)c1nc2cc3c(cc2[nH]1)OCCO3. The number of rotatable bonds is 4. The fourth-order valence-electron chi connectivity index (χ4n) is 2.23. The highest BCUT2D eigenvalue weighted by Crippen LogP contribution is 2.34. The van der Waals surface area contributed by atoms with Gasteiger partial charge >= 0.3 is 0 Å². The Morgan fingerprint density at radius 3 is 2.79 bits per heavy atom. The van der Waals surface area contributed by atoms with Gasteiger partial charge in [-0.25, -0.2) is 4.98 Å². The standard InChI is InChI=1S/C14H19N3O2/c1-3-4-15-9(2)14-16-10-7-12-13(8-11(10)17-14)19-6-5-18-12/h7-9,15H,3-6H2,1-2H3,(H,16,17). The number of nitrogens with one attached hydrogen (secondary N) is 2. The van der Waals surface area contributed by atoms with E-state index in [0.29, 0.717) is 13.2 Å². The molecule has 2 N–H and O–H groups in total. The maximum atomic E-state index is 5.58. The van der Waals surface area contributed by atoms with Crippen LogP contribution >= 0.6 is 0 Å². The van der Waals surface area contributed by atoms with Crippen molar-refractivity contribution in [2.24, 2.45) is 0 Å². The van der Waals surface area contributed by atoms with Gasteiger partial charge < -0.3 is 19.8 Å². The minimum atomic E-state index is 0.214. The zero-order valence-corrected chi connectivity index (χ0v) is 11.3. The summed E-state index contributed by atoms with van der Waals surface area (Å²) in [4.78, 5) is 7.97. The number of nitrogens with zero attached hydrogens (tertiary/aromatic N) is 1. The Labute approximate surface area is 112 Å². The number of imidazole rings is 1. The van der Waals surface area contributed by atoms with E-state index in [1.807, 2.05) is 12.1 Å². The van der Waals surface area contributed by atoms with E-state index in [-0.39, 0.29) is 6.04 Å².